The zero-order chi connectivity index (χ0) is 16.8. The van der Waals surface area contributed by atoms with E-state index in [9.17, 15) is 4.79 Å². The quantitative estimate of drug-likeness (QED) is 0.765. The highest BCUT2D eigenvalue weighted by atomic mass is 16.2. The van der Waals surface area contributed by atoms with Gasteiger partial charge in [0.1, 0.15) is 0 Å². The summed E-state index contributed by atoms with van der Waals surface area (Å²) in [4.78, 5) is 30.0. The fourth-order valence-electron chi connectivity index (χ4n) is 3.35. The Morgan fingerprint density at radius 2 is 1.58 bits per heavy atom. The van der Waals surface area contributed by atoms with Crippen molar-refractivity contribution in [3.05, 3.63) is 18.5 Å². The van der Waals surface area contributed by atoms with Crippen molar-refractivity contribution in [2.24, 2.45) is 0 Å². The minimum Gasteiger partial charge on any atom is -0.340 e. The molecule has 0 aliphatic carbocycles. The fraction of sp³-hybridized carbons (Fsp3) is 0.706. The van der Waals surface area contributed by atoms with Crippen molar-refractivity contribution in [3.63, 3.8) is 0 Å². The van der Waals surface area contributed by atoms with Crippen LogP contribution in [0.5, 0.6) is 0 Å². The third-order valence-electron chi connectivity index (χ3n) is 5.02. The molecule has 0 spiro atoms. The average Bonchev–Trinajstić information content (AvgIpc) is 2.67. The number of carbonyl (C=O) groups is 1. The molecular weight excluding hydrogens is 304 g/mol. The standard InChI is InChI=1S/C17H28N6O/c1-2-20-8-12-22(13-9-20)16(24)4-7-21-10-14-23(15-11-21)17-18-5-3-6-19-17/h3,5-6H,2,4,7-15H2,1H3. The lowest BCUT2D eigenvalue weighted by Crippen LogP contribution is -2.50. The zero-order valence-corrected chi connectivity index (χ0v) is 14.6. The van der Waals surface area contributed by atoms with Gasteiger partial charge >= 0.3 is 0 Å². The Morgan fingerprint density at radius 3 is 2.21 bits per heavy atom. The summed E-state index contributed by atoms with van der Waals surface area (Å²) in [6.45, 7) is 11.7. The van der Waals surface area contributed by atoms with E-state index in [1.54, 1.807) is 12.4 Å². The van der Waals surface area contributed by atoms with Crippen LogP contribution in [0.3, 0.4) is 0 Å². The molecule has 2 fully saturated rings. The molecule has 132 valence electrons. The molecular formula is C17H28N6O. The lowest BCUT2D eigenvalue weighted by atomic mass is 10.2. The number of piperazine rings is 2. The number of nitrogens with zero attached hydrogens (tertiary/aromatic N) is 6. The van der Waals surface area contributed by atoms with Gasteiger partial charge in [-0.3, -0.25) is 9.69 Å². The van der Waals surface area contributed by atoms with Crippen molar-refractivity contribution in [3.8, 4) is 0 Å². The van der Waals surface area contributed by atoms with E-state index in [4.69, 9.17) is 0 Å². The van der Waals surface area contributed by atoms with E-state index < -0.39 is 0 Å². The average molecular weight is 332 g/mol. The summed E-state index contributed by atoms with van der Waals surface area (Å²) in [6.07, 6.45) is 4.20. The number of hydrogen-bond acceptors (Lipinski definition) is 6. The summed E-state index contributed by atoms with van der Waals surface area (Å²) in [7, 11) is 0. The van der Waals surface area contributed by atoms with Crippen LogP contribution < -0.4 is 4.90 Å². The van der Waals surface area contributed by atoms with Crippen molar-refractivity contribution in [2.75, 3.05) is 70.3 Å². The second-order valence-corrected chi connectivity index (χ2v) is 6.44. The smallest absolute Gasteiger partial charge is 0.225 e. The second-order valence-electron chi connectivity index (χ2n) is 6.44. The molecule has 3 rings (SSSR count). The summed E-state index contributed by atoms with van der Waals surface area (Å²) in [5.41, 5.74) is 0. The second kappa shape index (κ2) is 8.39. The van der Waals surface area contributed by atoms with Gasteiger partial charge in [-0.1, -0.05) is 6.92 Å². The Bertz CT molecular complexity index is 509. The number of anilines is 1. The summed E-state index contributed by atoms with van der Waals surface area (Å²) in [5, 5.41) is 0. The maximum Gasteiger partial charge on any atom is 0.225 e. The van der Waals surface area contributed by atoms with Crippen molar-refractivity contribution >= 4 is 11.9 Å². The van der Waals surface area contributed by atoms with E-state index in [0.717, 1.165) is 71.4 Å². The van der Waals surface area contributed by atoms with Crippen molar-refractivity contribution in [1.82, 2.24) is 24.7 Å². The molecule has 2 saturated heterocycles. The summed E-state index contributed by atoms with van der Waals surface area (Å²) in [6, 6.07) is 1.84. The molecule has 7 heteroatoms. The van der Waals surface area contributed by atoms with Gasteiger partial charge in [-0.2, -0.15) is 0 Å². The van der Waals surface area contributed by atoms with Gasteiger partial charge in [-0.15, -0.1) is 0 Å². The van der Waals surface area contributed by atoms with Gasteiger partial charge in [0.05, 0.1) is 0 Å². The van der Waals surface area contributed by atoms with Crippen LogP contribution in [0.2, 0.25) is 0 Å². The zero-order valence-electron chi connectivity index (χ0n) is 14.6. The van der Waals surface area contributed by atoms with E-state index in [-0.39, 0.29) is 0 Å². The van der Waals surface area contributed by atoms with Gasteiger partial charge in [0.15, 0.2) is 0 Å². The summed E-state index contributed by atoms with van der Waals surface area (Å²) < 4.78 is 0. The number of aromatic nitrogens is 2. The number of likely N-dealkylation sites (N-methyl/N-ethyl adjacent to an activating group) is 1. The van der Waals surface area contributed by atoms with Gasteiger partial charge in [0.25, 0.3) is 0 Å². The first-order chi connectivity index (χ1) is 11.8. The van der Waals surface area contributed by atoms with Crippen molar-refractivity contribution in [1.29, 1.82) is 0 Å². The van der Waals surface area contributed by atoms with E-state index in [1.165, 1.54) is 0 Å². The lowest BCUT2D eigenvalue weighted by molar-refractivity contribution is -0.133. The topological polar surface area (TPSA) is 55.8 Å². The monoisotopic (exact) mass is 332 g/mol. The largest absolute Gasteiger partial charge is 0.340 e. The van der Waals surface area contributed by atoms with Gasteiger partial charge in [-0.25, -0.2) is 9.97 Å². The highest BCUT2D eigenvalue weighted by Gasteiger charge is 2.22. The van der Waals surface area contributed by atoms with Crippen LogP contribution in [0.4, 0.5) is 5.95 Å². The number of hydrogen-bond donors (Lipinski definition) is 0. The molecule has 0 atom stereocenters. The molecule has 24 heavy (non-hydrogen) atoms. The molecule has 0 radical (unpaired) electrons. The predicted molar refractivity (Wildman–Crippen MR) is 94.0 cm³/mol. The van der Waals surface area contributed by atoms with Crippen LogP contribution in [0, 0.1) is 0 Å². The summed E-state index contributed by atoms with van der Waals surface area (Å²) in [5.74, 6) is 1.11. The molecule has 0 saturated carbocycles. The lowest BCUT2D eigenvalue weighted by Gasteiger charge is -2.36. The van der Waals surface area contributed by atoms with E-state index in [1.807, 2.05) is 11.0 Å². The maximum absolute atomic E-state index is 12.4. The molecule has 2 aliphatic rings. The highest BCUT2D eigenvalue weighted by Crippen LogP contribution is 2.10. The molecule has 1 aromatic rings. The Hall–Kier alpha value is -1.73. The molecule has 2 aliphatic heterocycles. The van der Waals surface area contributed by atoms with Crippen molar-refractivity contribution in [2.45, 2.75) is 13.3 Å². The third kappa shape index (κ3) is 4.42. The SMILES string of the molecule is CCN1CCN(C(=O)CCN2CCN(c3ncccn3)CC2)CC1. The number of amides is 1. The van der Waals surface area contributed by atoms with Gasteiger partial charge in [-0.05, 0) is 12.6 Å². The van der Waals surface area contributed by atoms with Crippen LogP contribution in [0.25, 0.3) is 0 Å². The van der Waals surface area contributed by atoms with Crippen molar-refractivity contribution < 1.29 is 4.79 Å². The van der Waals surface area contributed by atoms with Crippen LogP contribution in [-0.2, 0) is 4.79 Å². The molecule has 7 nitrogen and oxygen atoms in total. The molecule has 0 unspecified atom stereocenters. The number of carbonyl (C=O) groups excluding carboxylic acids is 1. The van der Waals surface area contributed by atoms with Crippen LogP contribution in [0.15, 0.2) is 18.5 Å². The first-order valence-corrected chi connectivity index (χ1v) is 9.00. The third-order valence-corrected chi connectivity index (χ3v) is 5.02. The van der Waals surface area contributed by atoms with E-state index in [2.05, 4.69) is 31.6 Å². The maximum atomic E-state index is 12.4. The first-order valence-electron chi connectivity index (χ1n) is 9.00. The Morgan fingerprint density at radius 1 is 0.958 bits per heavy atom. The van der Waals surface area contributed by atoms with E-state index in [0.29, 0.717) is 12.3 Å². The minimum absolute atomic E-state index is 0.305. The molecule has 1 aromatic heterocycles. The first kappa shape index (κ1) is 17.1. The Balaban J connectivity index is 1.37. The Kier molecular flexibility index (Phi) is 5.98. The molecule has 0 aromatic carbocycles. The van der Waals surface area contributed by atoms with Crippen LogP contribution in [-0.4, -0.2) is 96.0 Å². The minimum atomic E-state index is 0.305. The van der Waals surface area contributed by atoms with Gasteiger partial charge in [0, 0.05) is 77.7 Å². The highest BCUT2D eigenvalue weighted by molar-refractivity contribution is 5.76. The predicted octanol–water partition coefficient (Wildman–Crippen LogP) is 0.153. The van der Waals surface area contributed by atoms with E-state index >= 15 is 0 Å². The molecule has 3 heterocycles. The Labute approximate surface area is 144 Å². The number of rotatable bonds is 5. The van der Waals surface area contributed by atoms with Crippen LogP contribution in [0.1, 0.15) is 13.3 Å². The molecule has 1 amide bonds. The van der Waals surface area contributed by atoms with Crippen LogP contribution >= 0.6 is 0 Å². The van der Waals surface area contributed by atoms with Gasteiger partial charge in [0.2, 0.25) is 11.9 Å². The fourth-order valence-corrected chi connectivity index (χ4v) is 3.35. The summed E-state index contributed by atoms with van der Waals surface area (Å²) >= 11 is 0. The van der Waals surface area contributed by atoms with Gasteiger partial charge < -0.3 is 14.7 Å². The normalized spacial score (nSPS) is 20.4. The molecule has 0 N–H and O–H groups in total. The molecule has 0 bridgehead atoms.